The molecule has 0 spiro atoms. The first-order chi connectivity index (χ1) is 8.34. The Balaban J connectivity index is 5.80. The second-order valence-corrected chi connectivity index (χ2v) is 19.2. The molecule has 122 valence electrons. The van der Waals surface area contributed by atoms with Crippen LogP contribution in [0.4, 0.5) is 0 Å². The largest absolute Gasteiger partial charge is 0.317 e. The van der Waals surface area contributed by atoms with Gasteiger partial charge in [0.15, 0.2) is 0 Å². The monoisotopic (exact) mass is 317 g/mol. The molecule has 4 heteroatoms. The topological polar surface area (TPSA) is 0 Å². The van der Waals surface area contributed by atoms with Crippen molar-refractivity contribution in [3.8, 4) is 0 Å². The summed E-state index contributed by atoms with van der Waals surface area (Å²) < 4.78 is 0. The summed E-state index contributed by atoms with van der Waals surface area (Å²) in [6.45, 7) is 30.7. The summed E-state index contributed by atoms with van der Waals surface area (Å²) >= 11 is 0. The van der Waals surface area contributed by atoms with Gasteiger partial charge in [-0.25, -0.2) is 7.80 Å². The van der Waals surface area contributed by atoms with Crippen molar-refractivity contribution < 1.29 is 0 Å². The smallest absolute Gasteiger partial charge is 0.123 e. The van der Waals surface area contributed by atoms with E-state index < -0.39 is 7.02 Å². The molecule has 0 aliphatic heterocycles. The summed E-state index contributed by atoms with van der Waals surface area (Å²) in [4.78, 5) is 0. The lowest BCUT2D eigenvalue weighted by molar-refractivity contribution is 0.710. The van der Waals surface area contributed by atoms with Crippen LogP contribution in [0.1, 0.15) is 83.1 Å². The highest BCUT2D eigenvalue weighted by Gasteiger charge is 2.45. The van der Waals surface area contributed by atoms with Crippen molar-refractivity contribution in [2.24, 2.45) is 0 Å². The fourth-order valence-corrected chi connectivity index (χ4v) is 18.6. The maximum Gasteiger partial charge on any atom is 0.123 e. The average Bonchev–Trinajstić information content (AvgIpc) is 2.05. The van der Waals surface area contributed by atoms with Crippen molar-refractivity contribution in [3.05, 3.63) is 0 Å². The van der Waals surface area contributed by atoms with E-state index in [2.05, 4.69) is 83.1 Å². The zero-order valence-electron chi connectivity index (χ0n) is 15.9. The summed E-state index contributed by atoms with van der Waals surface area (Å²) in [5.41, 5.74) is 0. The van der Waals surface area contributed by atoms with Crippen LogP contribution < -0.4 is 0 Å². The Morgan fingerprint density at radius 1 is 0.650 bits per heavy atom. The van der Waals surface area contributed by atoms with Gasteiger partial charge in [-0.15, -0.1) is 0 Å². The Morgan fingerprint density at radius 2 is 0.900 bits per heavy atom. The quantitative estimate of drug-likeness (QED) is 0.499. The number of hydrogen-bond donors (Lipinski definition) is 0. The van der Waals surface area contributed by atoms with Crippen molar-refractivity contribution in [3.63, 3.8) is 0 Å². The van der Waals surface area contributed by atoms with Gasteiger partial charge >= 0.3 is 0 Å². The summed E-state index contributed by atoms with van der Waals surface area (Å²) in [6.07, 6.45) is 0. The Kier molecular flexibility index (Phi) is 6.18. The molecule has 0 aliphatic rings. The van der Waals surface area contributed by atoms with E-state index in [0.29, 0.717) is 28.2 Å². The molecule has 0 saturated heterocycles. The van der Waals surface area contributed by atoms with Gasteiger partial charge < -0.3 is 7.02 Å². The van der Waals surface area contributed by atoms with E-state index in [9.17, 15) is 0 Å². The third-order valence-corrected chi connectivity index (χ3v) is 15.7. The van der Waals surface area contributed by atoms with Crippen LogP contribution in [0, 0.1) is 0 Å². The summed E-state index contributed by atoms with van der Waals surface area (Å²) in [6, 6.07) is 0. The molecule has 0 atom stereocenters. The normalized spacial score (nSPS) is 15.9. The lowest BCUT2D eigenvalue weighted by Gasteiger charge is -2.63. The van der Waals surface area contributed by atoms with Crippen molar-refractivity contribution in [2.75, 3.05) is 0 Å². The van der Waals surface area contributed by atoms with E-state index in [1.54, 1.807) is 0 Å². The predicted molar refractivity (Wildman–Crippen MR) is 111 cm³/mol. The highest BCUT2D eigenvalue weighted by Crippen LogP contribution is 2.79. The van der Waals surface area contributed by atoms with E-state index in [0.717, 1.165) is 0 Å². The molecule has 0 aromatic rings. The van der Waals surface area contributed by atoms with Gasteiger partial charge in [-0.1, -0.05) is 41.5 Å². The number of rotatable bonds is 2. The lowest BCUT2D eigenvalue weighted by Crippen LogP contribution is -2.40. The van der Waals surface area contributed by atoms with Crippen LogP contribution in [-0.4, -0.2) is 34.9 Å². The fraction of sp³-hybridized carbons (Fsp3) is 1.00. The Bertz CT molecular complexity index is 296. The van der Waals surface area contributed by atoms with Crippen LogP contribution in [0.2, 0.25) is 0 Å². The van der Waals surface area contributed by atoms with Crippen molar-refractivity contribution >= 4 is 29.1 Å². The molecule has 0 fully saturated rings. The van der Waals surface area contributed by atoms with Crippen molar-refractivity contribution in [1.82, 2.24) is 0 Å². The molecule has 0 radical (unpaired) electrons. The van der Waals surface area contributed by atoms with Crippen molar-refractivity contribution in [2.45, 2.75) is 104 Å². The van der Waals surface area contributed by atoms with Crippen LogP contribution in [-0.2, 0) is 0 Å². The minimum absolute atomic E-state index is 0.169. The molecule has 0 heterocycles. The third-order valence-electron chi connectivity index (χ3n) is 4.42. The van der Waals surface area contributed by atoms with Crippen LogP contribution in [0.25, 0.3) is 0 Å². The SMILES string of the molecule is [BH3-][P+]([BH2-]P(C(C)(C)C)C(C)(C)C)(C(C)(C)C)C(C)(C)C. The molecule has 0 saturated carbocycles. The summed E-state index contributed by atoms with van der Waals surface area (Å²) in [5.74, 6) is 0. The second kappa shape index (κ2) is 5.89. The zero-order chi connectivity index (χ0) is 16.8. The first-order valence-electron chi connectivity index (χ1n) is 7.79. The van der Waals surface area contributed by atoms with Crippen LogP contribution >= 0.6 is 14.8 Å². The van der Waals surface area contributed by atoms with E-state index in [1.165, 1.54) is 0 Å². The van der Waals surface area contributed by atoms with E-state index in [1.807, 2.05) is 0 Å². The van der Waals surface area contributed by atoms with Crippen molar-refractivity contribution in [1.29, 1.82) is 0 Å². The average molecular weight is 317 g/mol. The molecule has 0 aromatic carbocycles. The van der Waals surface area contributed by atoms with E-state index >= 15 is 0 Å². The molecule has 0 nitrogen and oxygen atoms in total. The Hall–Kier alpha value is 0.990. The Morgan fingerprint density at radius 3 is 1.05 bits per heavy atom. The van der Waals surface area contributed by atoms with Crippen LogP contribution in [0.5, 0.6) is 0 Å². The maximum atomic E-state index is 2.57. The summed E-state index contributed by atoms with van der Waals surface area (Å²) in [7, 11) is -0.0779. The van der Waals surface area contributed by atoms with Gasteiger partial charge in [0.05, 0.1) is 7.57 Å². The molecule has 20 heavy (non-hydrogen) atoms. The second-order valence-electron chi connectivity index (χ2n) is 10.0. The Labute approximate surface area is 133 Å². The summed E-state index contributed by atoms with van der Waals surface area (Å²) in [5, 5.41) is 2.26. The molecule has 0 rings (SSSR count). The van der Waals surface area contributed by atoms with E-state index in [4.69, 9.17) is 0 Å². The van der Waals surface area contributed by atoms with Crippen LogP contribution in [0.15, 0.2) is 0 Å². The van der Waals surface area contributed by atoms with E-state index in [-0.39, 0.29) is 14.5 Å². The number of hydrogen-bond acceptors (Lipinski definition) is 0. The van der Waals surface area contributed by atoms with Gasteiger partial charge in [0.25, 0.3) is 0 Å². The molecular weight excluding hydrogens is 276 g/mol. The van der Waals surface area contributed by atoms with Gasteiger partial charge in [0.2, 0.25) is 0 Å². The lowest BCUT2D eigenvalue weighted by atomic mass is 10.2. The van der Waals surface area contributed by atoms with Gasteiger partial charge in [0.1, 0.15) is 6.72 Å². The molecule has 0 aliphatic carbocycles. The molecule has 0 unspecified atom stereocenters. The zero-order valence-corrected chi connectivity index (χ0v) is 17.7. The minimum atomic E-state index is -0.682. The standard InChI is InChI=1S/C16H41B2P2/c1-13(2,3)19(14(4,5)6)18-20(17,15(7,8)9)16(10,11)12/h18H2,1-12,17H3/q-1. The molecule has 0 bridgehead atoms. The predicted octanol–water partition coefficient (Wildman–Crippen LogP) is 4.96. The van der Waals surface area contributed by atoms with Gasteiger partial charge in [-0.2, -0.15) is 0 Å². The molecule has 0 N–H and O–H groups in total. The first-order valence-corrected chi connectivity index (χ1v) is 11.4. The maximum absolute atomic E-state index is 2.57. The van der Waals surface area contributed by atoms with Gasteiger partial charge in [-0.3, -0.25) is 0 Å². The van der Waals surface area contributed by atoms with Gasteiger partial charge in [-0.05, 0) is 62.2 Å². The molecular formula is C16H41B2P2-. The minimum Gasteiger partial charge on any atom is -0.317 e. The van der Waals surface area contributed by atoms with Crippen LogP contribution in [0.3, 0.4) is 0 Å². The highest BCUT2D eigenvalue weighted by molar-refractivity contribution is 8.33. The first kappa shape index (κ1) is 21.0. The molecule has 0 aromatic heterocycles. The third kappa shape index (κ3) is 4.74. The highest BCUT2D eigenvalue weighted by atomic mass is 31.2. The van der Waals surface area contributed by atoms with Gasteiger partial charge in [0, 0.05) is 0 Å². The molecule has 0 amide bonds. The fourth-order valence-electron chi connectivity index (χ4n) is 3.41.